The number of pyridine rings is 1. The summed E-state index contributed by atoms with van der Waals surface area (Å²) in [4.78, 5) is 18.0. The van der Waals surface area contributed by atoms with E-state index < -0.39 is 0 Å². The Morgan fingerprint density at radius 1 is 1.59 bits per heavy atom. The van der Waals surface area contributed by atoms with Crippen molar-refractivity contribution < 1.29 is 4.79 Å². The molecule has 0 unspecified atom stereocenters. The molecule has 0 aliphatic carbocycles. The second-order valence-corrected chi connectivity index (χ2v) is 4.66. The van der Waals surface area contributed by atoms with E-state index in [1.54, 1.807) is 35.1 Å². The van der Waals surface area contributed by atoms with Crippen LogP contribution in [-0.2, 0) is 0 Å². The highest BCUT2D eigenvalue weighted by atomic mass is 32.2. The van der Waals surface area contributed by atoms with Gasteiger partial charge in [0.1, 0.15) is 0 Å². The summed E-state index contributed by atoms with van der Waals surface area (Å²) in [7, 11) is 1.83. The van der Waals surface area contributed by atoms with Crippen LogP contribution in [0.15, 0.2) is 18.5 Å². The van der Waals surface area contributed by atoms with E-state index in [4.69, 9.17) is 0 Å². The van der Waals surface area contributed by atoms with Crippen molar-refractivity contribution in [2.75, 3.05) is 37.5 Å². The Labute approximate surface area is 107 Å². The normalized spacial score (nSPS) is 10.1. The van der Waals surface area contributed by atoms with Crippen LogP contribution in [-0.4, -0.2) is 47.9 Å². The van der Waals surface area contributed by atoms with Gasteiger partial charge < -0.3 is 10.2 Å². The number of amides is 1. The summed E-state index contributed by atoms with van der Waals surface area (Å²) in [6.45, 7) is 3.53. The van der Waals surface area contributed by atoms with Gasteiger partial charge in [0.15, 0.2) is 0 Å². The number of hydrogen-bond acceptors (Lipinski definition) is 4. The summed E-state index contributed by atoms with van der Waals surface area (Å²) in [6.07, 6.45) is 5.38. The van der Waals surface area contributed by atoms with Gasteiger partial charge in [-0.1, -0.05) is 0 Å². The molecule has 0 atom stereocenters. The monoisotopic (exact) mass is 253 g/mol. The lowest BCUT2D eigenvalue weighted by Crippen LogP contribution is -2.29. The van der Waals surface area contributed by atoms with Gasteiger partial charge in [0.2, 0.25) is 0 Å². The largest absolute Gasteiger partial charge is 0.383 e. The lowest BCUT2D eigenvalue weighted by Gasteiger charge is -2.18. The zero-order chi connectivity index (χ0) is 12.7. The van der Waals surface area contributed by atoms with Crippen molar-refractivity contribution in [3.8, 4) is 0 Å². The van der Waals surface area contributed by atoms with E-state index in [0.29, 0.717) is 5.56 Å². The van der Waals surface area contributed by atoms with Crippen molar-refractivity contribution in [1.82, 2.24) is 9.88 Å². The Morgan fingerprint density at radius 3 is 3.00 bits per heavy atom. The van der Waals surface area contributed by atoms with E-state index in [0.717, 1.165) is 24.5 Å². The minimum atomic E-state index is 0.0393. The van der Waals surface area contributed by atoms with E-state index in [1.807, 2.05) is 20.2 Å². The number of carbonyl (C=O) groups excluding carboxylic acids is 1. The Morgan fingerprint density at radius 2 is 2.35 bits per heavy atom. The molecule has 0 saturated heterocycles. The van der Waals surface area contributed by atoms with Gasteiger partial charge in [-0.25, -0.2) is 0 Å². The predicted octanol–water partition coefficient (Wildman–Crippen LogP) is 1.95. The van der Waals surface area contributed by atoms with Gasteiger partial charge in [0.05, 0.1) is 17.4 Å². The Kier molecular flexibility index (Phi) is 5.83. The average molecular weight is 253 g/mol. The second kappa shape index (κ2) is 7.17. The van der Waals surface area contributed by atoms with Crippen LogP contribution in [0.5, 0.6) is 0 Å². The van der Waals surface area contributed by atoms with E-state index in [1.165, 1.54) is 0 Å². The molecule has 0 saturated carbocycles. The summed E-state index contributed by atoms with van der Waals surface area (Å²) in [6, 6.07) is 1.76. The van der Waals surface area contributed by atoms with Gasteiger partial charge in [-0.05, 0) is 19.2 Å². The highest BCUT2D eigenvalue weighted by Crippen LogP contribution is 2.15. The summed E-state index contributed by atoms with van der Waals surface area (Å²) in [5.41, 5.74) is 1.49. The quantitative estimate of drug-likeness (QED) is 0.841. The smallest absolute Gasteiger partial charge is 0.255 e. The molecule has 1 rings (SSSR count). The number of nitrogens with zero attached hydrogens (tertiary/aromatic N) is 2. The number of nitrogens with one attached hydrogen (secondary N) is 1. The fourth-order valence-electron chi connectivity index (χ4n) is 1.45. The Balaban J connectivity index is 2.80. The highest BCUT2D eigenvalue weighted by Gasteiger charge is 2.14. The molecule has 0 aliphatic heterocycles. The highest BCUT2D eigenvalue weighted by molar-refractivity contribution is 7.98. The first-order valence-electron chi connectivity index (χ1n) is 5.63. The van der Waals surface area contributed by atoms with Crippen molar-refractivity contribution in [3.63, 3.8) is 0 Å². The summed E-state index contributed by atoms with van der Waals surface area (Å²) >= 11 is 1.74. The van der Waals surface area contributed by atoms with Crippen LogP contribution in [0.25, 0.3) is 0 Å². The predicted molar refractivity (Wildman–Crippen MR) is 73.7 cm³/mol. The third-order valence-electron chi connectivity index (χ3n) is 2.40. The molecule has 1 N–H and O–H groups in total. The number of rotatable bonds is 6. The van der Waals surface area contributed by atoms with Crippen LogP contribution in [0.4, 0.5) is 5.69 Å². The molecule has 1 heterocycles. The number of anilines is 1. The van der Waals surface area contributed by atoms with E-state index in [2.05, 4.69) is 10.3 Å². The lowest BCUT2D eigenvalue weighted by atomic mass is 10.2. The molecule has 0 fully saturated rings. The number of hydrogen-bond donors (Lipinski definition) is 1. The second-order valence-electron chi connectivity index (χ2n) is 3.67. The summed E-state index contributed by atoms with van der Waals surface area (Å²) < 4.78 is 0. The zero-order valence-electron chi connectivity index (χ0n) is 10.6. The first-order valence-corrected chi connectivity index (χ1v) is 7.02. The van der Waals surface area contributed by atoms with Crippen molar-refractivity contribution in [2.24, 2.45) is 0 Å². The molecule has 0 radical (unpaired) electrons. The first-order chi connectivity index (χ1) is 8.20. The van der Waals surface area contributed by atoms with Crippen LogP contribution in [0.1, 0.15) is 17.3 Å². The summed E-state index contributed by atoms with van der Waals surface area (Å²) in [5.74, 6) is 0.988. The molecule has 0 aromatic carbocycles. The average Bonchev–Trinajstić information content (AvgIpc) is 2.36. The first kappa shape index (κ1) is 13.8. The molecule has 4 nitrogen and oxygen atoms in total. The van der Waals surface area contributed by atoms with Crippen LogP contribution < -0.4 is 5.32 Å². The molecule has 1 aromatic rings. The third-order valence-corrected chi connectivity index (χ3v) is 2.99. The maximum absolute atomic E-state index is 12.2. The maximum Gasteiger partial charge on any atom is 0.255 e. The van der Waals surface area contributed by atoms with Crippen molar-refractivity contribution in [2.45, 2.75) is 6.92 Å². The molecule has 1 aromatic heterocycles. The minimum Gasteiger partial charge on any atom is -0.383 e. The van der Waals surface area contributed by atoms with Gasteiger partial charge in [-0.2, -0.15) is 11.8 Å². The third kappa shape index (κ3) is 3.93. The fourth-order valence-corrected chi connectivity index (χ4v) is 1.90. The topological polar surface area (TPSA) is 45.2 Å². The number of aromatic nitrogens is 1. The van der Waals surface area contributed by atoms with Gasteiger partial charge in [-0.15, -0.1) is 0 Å². The number of thioether (sulfide) groups is 1. The van der Waals surface area contributed by atoms with Crippen molar-refractivity contribution >= 4 is 23.4 Å². The van der Waals surface area contributed by atoms with Crippen LogP contribution in [0, 0.1) is 0 Å². The van der Waals surface area contributed by atoms with Crippen LogP contribution in [0.2, 0.25) is 0 Å². The van der Waals surface area contributed by atoms with Gasteiger partial charge in [-0.3, -0.25) is 9.78 Å². The standard InChI is InChI=1S/C12H19N3OS/c1-4-14-11-9-13-6-5-10(11)12(16)15(2)7-8-17-3/h5-6,9,14H,4,7-8H2,1-3H3. The van der Waals surface area contributed by atoms with Crippen LogP contribution in [0.3, 0.4) is 0 Å². The Bertz CT molecular complexity index is 371. The maximum atomic E-state index is 12.2. The molecule has 0 spiro atoms. The molecule has 0 bridgehead atoms. The lowest BCUT2D eigenvalue weighted by molar-refractivity contribution is 0.0804. The molecular weight excluding hydrogens is 234 g/mol. The summed E-state index contributed by atoms with van der Waals surface area (Å²) in [5, 5.41) is 3.15. The van der Waals surface area contributed by atoms with E-state index in [-0.39, 0.29) is 5.91 Å². The van der Waals surface area contributed by atoms with Crippen molar-refractivity contribution in [3.05, 3.63) is 24.0 Å². The zero-order valence-corrected chi connectivity index (χ0v) is 11.4. The SMILES string of the molecule is CCNc1cnccc1C(=O)N(C)CCSC. The minimum absolute atomic E-state index is 0.0393. The molecule has 94 valence electrons. The molecule has 5 heteroatoms. The fraction of sp³-hybridized carbons (Fsp3) is 0.500. The number of carbonyl (C=O) groups is 1. The Hall–Kier alpha value is -1.23. The van der Waals surface area contributed by atoms with Gasteiger partial charge >= 0.3 is 0 Å². The van der Waals surface area contributed by atoms with Crippen LogP contribution >= 0.6 is 11.8 Å². The van der Waals surface area contributed by atoms with Gasteiger partial charge in [0, 0.05) is 32.1 Å². The molecule has 0 aliphatic rings. The van der Waals surface area contributed by atoms with Crippen molar-refractivity contribution in [1.29, 1.82) is 0 Å². The van der Waals surface area contributed by atoms with E-state index in [9.17, 15) is 4.79 Å². The molecule has 17 heavy (non-hydrogen) atoms. The van der Waals surface area contributed by atoms with Gasteiger partial charge in [0.25, 0.3) is 5.91 Å². The molecule has 1 amide bonds. The molecular formula is C12H19N3OS. The van der Waals surface area contributed by atoms with E-state index >= 15 is 0 Å².